The highest BCUT2D eigenvalue weighted by Crippen LogP contribution is 2.22. The Morgan fingerprint density at radius 2 is 0.781 bits per heavy atom. The Bertz CT molecular complexity index is 1150. The van der Waals surface area contributed by atoms with Gasteiger partial charge in [0.15, 0.2) is 6.10 Å². The van der Waals surface area contributed by atoms with E-state index in [1.807, 2.05) is 7.05 Å². The highest BCUT2D eigenvalue weighted by atomic mass is 16.6. The van der Waals surface area contributed by atoms with Crippen LogP contribution in [0.5, 0.6) is 0 Å². The van der Waals surface area contributed by atoms with E-state index in [1.54, 1.807) is 0 Å². The lowest BCUT2D eigenvalue weighted by Crippen LogP contribution is -2.32. The first-order valence-corrected chi connectivity index (χ1v) is 26.5. The molecule has 0 rings (SSSR count). The van der Waals surface area contributed by atoms with Gasteiger partial charge in [0.05, 0.1) is 31.5 Å². The summed E-state index contributed by atoms with van der Waals surface area (Å²) < 4.78 is 28.0. The van der Waals surface area contributed by atoms with Crippen LogP contribution in [0.2, 0.25) is 0 Å². The molecule has 0 aromatic rings. The molecule has 0 aliphatic heterocycles. The van der Waals surface area contributed by atoms with E-state index in [-0.39, 0.29) is 69.5 Å². The van der Waals surface area contributed by atoms with Crippen LogP contribution >= 0.6 is 0 Å². The van der Waals surface area contributed by atoms with E-state index in [9.17, 15) is 24.0 Å². The Hall–Kier alpha value is -2.69. The quantitative estimate of drug-likeness (QED) is 0.0328. The molecule has 0 bridgehead atoms. The SMILES string of the molecule is CCCCCCCCC(CCCCCC)C(=O)OCCCCC(=O)OC[C@H](COC(=O)CCN(C)CC(C)C)OC(=O)CCCCOC(=O)C(CCCCCC)CCCCCCCC. The number of hydrogen-bond acceptors (Lipinski definition) is 11. The molecule has 0 aliphatic carbocycles. The van der Waals surface area contributed by atoms with Gasteiger partial charge in [0.1, 0.15) is 13.2 Å². The van der Waals surface area contributed by atoms with Gasteiger partial charge in [-0.1, -0.05) is 170 Å². The average Bonchev–Trinajstić information content (AvgIpc) is 3.26. The fraction of sp³-hybridized carbons (Fsp3) is 0.906. The number of rotatable bonds is 46. The number of nitrogens with zero attached hydrogens (tertiary/aromatic N) is 1. The second kappa shape index (κ2) is 44.2. The summed E-state index contributed by atoms with van der Waals surface area (Å²) in [6, 6.07) is 0. The van der Waals surface area contributed by atoms with Crippen molar-refractivity contribution in [3.8, 4) is 0 Å². The van der Waals surface area contributed by atoms with Gasteiger partial charge in [0, 0.05) is 25.9 Å². The predicted octanol–water partition coefficient (Wildman–Crippen LogP) is 13.1. The Morgan fingerprint density at radius 1 is 0.422 bits per heavy atom. The minimum atomic E-state index is -0.955. The fourth-order valence-corrected chi connectivity index (χ4v) is 7.94. The van der Waals surface area contributed by atoms with E-state index in [1.165, 1.54) is 64.2 Å². The maximum Gasteiger partial charge on any atom is 0.308 e. The number of esters is 5. The lowest BCUT2D eigenvalue weighted by molar-refractivity contribution is -0.167. The summed E-state index contributed by atoms with van der Waals surface area (Å²) in [6.07, 6.45) is 28.2. The van der Waals surface area contributed by atoms with Crippen molar-refractivity contribution in [2.45, 2.75) is 247 Å². The van der Waals surface area contributed by atoms with Crippen LogP contribution in [0.15, 0.2) is 0 Å². The Kier molecular flexibility index (Phi) is 42.3. The monoisotopic (exact) mass is 910 g/mol. The molecular formula is C53H99NO10. The molecule has 0 N–H and O–H groups in total. The van der Waals surface area contributed by atoms with Crippen molar-refractivity contribution in [1.29, 1.82) is 0 Å². The topological polar surface area (TPSA) is 135 Å². The maximum absolute atomic E-state index is 13.0. The van der Waals surface area contributed by atoms with Gasteiger partial charge in [0.25, 0.3) is 0 Å². The fourth-order valence-electron chi connectivity index (χ4n) is 7.94. The largest absolute Gasteiger partial charge is 0.465 e. The van der Waals surface area contributed by atoms with Gasteiger partial charge in [-0.3, -0.25) is 24.0 Å². The molecule has 0 aromatic heterocycles. The van der Waals surface area contributed by atoms with Crippen molar-refractivity contribution >= 4 is 29.8 Å². The molecule has 0 radical (unpaired) electrons. The van der Waals surface area contributed by atoms with E-state index >= 15 is 0 Å². The van der Waals surface area contributed by atoms with E-state index in [0.29, 0.717) is 38.1 Å². The van der Waals surface area contributed by atoms with E-state index in [4.69, 9.17) is 23.7 Å². The standard InChI is InChI=1S/C53H99NO10/c1-8-12-16-20-22-26-34-46(32-24-18-14-10-3)52(58)60-40-30-28-36-49(55)62-43-48(44-63-50(56)38-39-54(7)42-45(5)6)64-51(57)37-29-31-41-61-53(59)47(33-25-19-15-11-4)35-27-23-21-17-13-9-2/h45-48H,8-44H2,1-7H3/t46?,47?,48-/m1/s1. The van der Waals surface area contributed by atoms with Gasteiger partial charge in [-0.25, -0.2) is 0 Å². The van der Waals surface area contributed by atoms with Gasteiger partial charge in [0.2, 0.25) is 0 Å². The number of ether oxygens (including phenoxy) is 5. The van der Waals surface area contributed by atoms with Crippen molar-refractivity contribution in [3.05, 3.63) is 0 Å². The second-order valence-corrected chi connectivity index (χ2v) is 18.8. The van der Waals surface area contributed by atoms with Crippen LogP contribution in [-0.2, 0) is 47.7 Å². The molecule has 376 valence electrons. The molecular weight excluding hydrogens is 811 g/mol. The normalized spacial score (nSPS) is 12.8. The van der Waals surface area contributed by atoms with E-state index in [0.717, 1.165) is 96.4 Å². The van der Waals surface area contributed by atoms with Gasteiger partial charge in [-0.05, 0) is 64.3 Å². The van der Waals surface area contributed by atoms with Crippen molar-refractivity contribution in [3.63, 3.8) is 0 Å². The summed E-state index contributed by atoms with van der Waals surface area (Å²) in [5, 5.41) is 0. The summed E-state index contributed by atoms with van der Waals surface area (Å²) in [5.74, 6) is -1.32. The highest BCUT2D eigenvalue weighted by Gasteiger charge is 2.23. The summed E-state index contributed by atoms with van der Waals surface area (Å²) in [6.45, 7) is 14.5. The summed E-state index contributed by atoms with van der Waals surface area (Å²) in [5.41, 5.74) is 0. The molecule has 2 unspecified atom stereocenters. The summed E-state index contributed by atoms with van der Waals surface area (Å²) in [4.78, 5) is 66.4. The zero-order valence-electron chi connectivity index (χ0n) is 42.5. The second-order valence-electron chi connectivity index (χ2n) is 18.8. The highest BCUT2D eigenvalue weighted by molar-refractivity contribution is 5.73. The lowest BCUT2D eigenvalue weighted by atomic mass is 9.94. The van der Waals surface area contributed by atoms with Crippen LogP contribution in [0.1, 0.15) is 241 Å². The Labute approximate surface area is 392 Å². The molecule has 11 heteroatoms. The smallest absolute Gasteiger partial charge is 0.308 e. The van der Waals surface area contributed by atoms with Crippen molar-refractivity contribution in [2.24, 2.45) is 17.8 Å². The Morgan fingerprint density at radius 3 is 1.19 bits per heavy atom. The predicted molar refractivity (Wildman–Crippen MR) is 259 cm³/mol. The molecule has 0 saturated carbocycles. The molecule has 0 aromatic carbocycles. The van der Waals surface area contributed by atoms with Gasteiger partial charge in [-0.15, -0.1) is 0 Å². The average molecular weight is 910 g/mol. The van der Waals surface area contributed by atoms with Crippen LogP contribution in [-0.4, -0.2) is 87.4 Å². The van der Waals surface area contributed by atoms with Crippen LogP contribution in [0.3, 0.4) is 0 Å². The zero-order chi connectivity index (χ0) is 47.5. The Balaban J connectivity index is 5.00. The number of carbonyl (C=O) groups is 5. The molecule has 3 atom stereocenters. The first-order chi connectivity index (χ1) is 31.0. The third kappa shape index (κ3) is 38.6. The molecule has 0 heterocycles. The minimum Gasteiger partial charge on any atom is -0.465 e. The van der Waals surface area contributed by atoms with Crippen molar-refractivity contribution < 1.29 is 47.7 Å². The number of unbranched alkanes of at least 4 members (excludes halogenated alkanes) is 18. The van der Waals surface area contributed by atoms with Crippen LogP contribution < -0.4 is 0 Å². The minimum absolute atomic E-state index is 0.0672. The molecule has 0 amide bonds. The lowest BCUT2D eigenvalue weighted by Gasteiger charge is -2.20. The van der Waals surface area contributed by atoms with Crippen LogP contribution in [0.4, 0.5) is 0 Å². The molecule has 11 nitrogen and oxygen atoms in total. The summed E-state index contributed by atoms with van der Waals surface area (Å²) in [7, 11) is 1.95. The van der Waals surface area contributed by atoms with E-state index < -0.39 is 24.0 Å². The van der Waals surface area contributed by atoms with Gasteiger partial charge < -0.3 is 28.6 Å². The van der Waals surface area contributed by atoms with Gasteiger partial charge >= 0.3 is 29.8 Å². The molecule has 64 heavy (non-hydrogen) atoms. The first kappa shape index (κ1) is 61.3. The molecule has 0 spiro atoms. The first-order valence-electron chi connectivity index (χ1n) is 26.5. The van der Waals surface area contributed by atoms with Crippen LogP contribution in [0, 0.1) is 17.8 Å². The zero-order valence-corrected chi connectivity index (χ0v) is 42.5. The molecule has 0 saturated heterocycles. The third-order valence-electron chi connectivity index (χ3n) is 11.9. The van der Waals surface area contributed by atoms with Crippen molar-refractivity contribution in [1.82, 2.24) is 4.90 Å². The van der Waals surface area contributed by atoms with E-state index in [2.05, 4.69) is 46.4 Å². The third-order valence-corrected chi connectivity index (χ3v) is 11.9. The molecule has 0 aliphatic rings. The van der Waals surface area contributed by atoms with Crippen LogP contribution in [0.25, 0.3) is 0 Å². The number of carbonyl (C=O) groups excluding carboxylic acids is 5. The summed E-state index contributed by atoms with van der Waals surface area (Å²) >= 11 is 0. The van der Waals surface area contributed by atoms with Gasteiger partial charge in [-0.2, -0.15) is 0 Å². The number of hydrogen-bond donors (Lipinski definition) is 0. The molecule has 0 fully saturated rings. The maximum atomic E-state index is 13.0. The van der Waals surface area contributed by atoms with Crippen molar-refractivity contribution in [2.75, 3.05) is 46.6 Å².